The Hall–Kier alpha value is -2.09. The number of amides is 3. The monoisotopic (exact) mass is 524 g/mol. The van der Waals surface area contributed by atoms with Gasteiger partial charge < -0.3 is 0 Å². The second-order valence-corrected chi connectivity index (χ2v) is 9.93. The average Bonchev–Trinajstić information content (AvgIpc) is 3.37. The van der Waals surface area contributed by atoms with Gasteiger partial charge in [-0.2, -0.15) is 0 Å². The van der Waals surface area contributed by atoms with Crippen LogP contribution in [-0.4, -0.2) is 28.7 Å². The van der Waals surface area contributed by atoms with E-state index in [9.17, 15) is 14.4 Å². The van der Waals surface area contributed by atoms with Gasteiger partial charge in [0.25, 0.3) is 17.7 Å². The third kappa shape index (κ3) is 2.94. The summed E-state index contributed by atoms with van der Waals surface area (Å²) in [6.07, 6.45) is 0. The van der Waals surface area contributed by atoms with Crippen LogP contribution in [0.15, 0.2) is 41.8 Å². The molecule has 0 saturated carbocycles. The van der Waals surface area contributed by atoms with E-state index in [2.05, 4.69) is 0 Å². The van der Waals surface area contributed by atoms with Crippen LogP contribution in [-0.2, 0) is 4.79 Å². The van der Waals surface area contributed by atoms with Crippen molar-refractivity contribution >= 4 is 81.1 Å². The van der Waals surface area contributed by atoms with E-state index in [0.29, 0.717) is 5.69 Å². The minimum Gasteiger partial charge on any atom is -0.300 e. The molecule has 1 fully saturated rings. The number of thiophene rings is 1. The number of anilines is 1. The number of fused-ring (bicyclic) bond motifs is 1. The molecule has 1 saturated heterocycles. The smallest absolute Gasteiger partial charge is 0.264 e. The summed E-state index contributed by atoms with van der Waals surface area (Å²) in [7, 11) is 0. The quantitative estimate of drug-likeness (QED) is 0.171. The van der Waals surface area contributed by atoms with Gasteiger partial charge in [-0.05, 0) is 36.1 Å². The van der Waals surface area contributed by atoms with Gasteiger partial charge in [0, 0.05) is 10.6 Å². The molecule has 0 spiro atoms. The number of aryl methyl sites for hydroxylation is 1. The third-order valence-corrected chi connectivity index (χ3v) is 8.34. The van der Waals surface area contributed by atoms with Gasteiger partial charge in [0.15, 0.2) is 0 Å². The van der Waals surface area contributed by atoms with Crippen molar-refractivity contribution in [3.05, 3.63) is 83.4 Å². The summed E-state index contributed by atoms with van der Waals surface area (Å²) < 4.78 is 0. The predicted molar refractivity (Wildman–Crippen MR) is 126 cm³/mol. The fraction of sp³-hybridized carbons (Fsp3) is 0.136. The van der Waals surface area contributed by atoms with E-state index in [0.717, 1.165) is 15.3 Å². The van der Waals surface area contributed by atoms with Crippen molar-refractivity contribution < 1.29 is 14.4 Å². The standard InChI is InChI=1S/C22H12Cl4N2O3S/c1-9-4-2-5-10(8-9)27-18(11-6-3-7-32-11)19(22(27)31)28-20(29)12-13(21(28)30)15(24)17(26)16(25)14(12)23/h2-8,18-19H,1H3/t18-,19+/m0/s1. The molecule has 5 nitrogen and oxygen atoms in total. The van der Waals surface area contributed by atoms with E-state index in [-0.39, 0.29) is 37.1 Å². The first-order chi connectivity index (χ1) is 15.2. The Kier molecular flexibility index (Phi) is 5.26. The number of hydrogen-bond acceptors (Lipinski definition) is 4. The number of carbonyl (C=O) groups is 3. The van der Waals surface area contributed by atoms with E-state index >= 15 is 0 Å². The van der Waals surface area contributed by atoms with Crippen molar-refractivity contribution in [3.63, 3.8) is 0 Å². The zero-order valence-electron chi connectivity index (χ0n) is 16.2. The van der Waals surface area contributed by atoms with Crippen molar-refractivity contribution in [1.29, 1.82) is 0 Å². The lowest BCUT2D eigenvalue weighted by Crippen LogP contribution is -2.67. The molecule has 3 aromatic rings. The van der Waals surface area contributed by atoms with Crippen LogP contribution in [0.3, 0.4) is 0 Å². The molecule has 3 amide bonds. The maximum atomic E-state index is 13.4. The Morgan fingerprint density at radius 1 is 0.781 bits per heavy atom. The van der Waals surface area contributed by atoms with Crippen molar-refractivity contribution in [2.45, 2.75) is 19.0 Å². The van der Waals surface area contributed by atoms with Crippen LogP contribution >= 0.6 is 57.7 Å². The van der Waals surface area contributed by atoms with Gasteiger partial charge in [0.1, 0.15) is 12.1 Å². The Labute approximate surface area is 207 Å². The average molecular weight is 526 g/mol. The predicted octanol–water partition coefficient (Wildman–Crippen LogP) is 6.42. The minimum absolute atomic E-state index is 0.115. The molecular formula is C22H12Cl4N2O3S. The number of benzene rings is 2. The molecule has 0 aliphatic carbocycles. The SMILES string of the molecule is Cc1cccc(N2C(=O)[C@H](N3C(=O)c4c(Cl)c(Cl)c(Cl)c(Cl)c4C3=O)[C@@H]2c2cccs2)c1. The number of nitrogens with zero attached hydrogens (tertiary/aromatic N) is 2. The molecule has 0 radical (unpaired) electrons. The second kappa shape index (κ2) is 7.75. The molecular weight excluding hydrogens is 514 g/mol. The van der Waals surface area contributed by atoms with Crippen LogP contribution in [0, 0.1) is 6.92 Å². The van der Waals surface area contributed by atoms with Crippen LogP contribution in [0.5, 0.6) is 0 Å². The summed E-state index contributed by atoms with van der Waals surface area (Å²) in [5, 5.41) is 1.32. The van der Waals surface area contributed by atoms with Crippen LogP contribution in [0.4, 0.5) is 5.69 Å². The lowest BCUT2D eigenvalue weighted by atomic mass is 9.90. The van der Waals surface area contributed by atoms with Crippen LogP contribution in [0.25, 0.3) is 0 Å². The number of carbonyl (C=O) groups excluding carboxylic acids is 3. The van der Waals surface area contributed by atoms with E-state index in [1.165, 1.54) is 11.3 Å². The summed E-state index contributed by atoms with van der Waals surface area (Å²) in [5.41, 5.74) is 1.39. The van der Waals surface area contributed by atoms with E-state index in [4.69, 9.17) is 46.4 Å². The van der Waals surface area contributed by atoms with Crippen molar-refractivity contribution in [2.75, 3.05) is 4.90 Å². The number of β-lactam (4-membered cyclic amide) rings is 1. The zero-order valence-corrected chi connectivity index (χ0v) is 20.1. The zero-order chi connectivity index (χ0) is 22.9. The Morgan fingerprint density at radius 2 is 1.41 bits per heavy atom. The number of hydrogen-bond donors (Lipinski definition) is 0. The van der Waals surface area contributed by atoms with E-state index < -0.39 is 23.9 Å². The molecule has 2 aliphatic rings. The fourth-order valence-electron chi connectivity index (χ4n) is 4.15. The van der Waals surface area contributed by atoms with Gasteiger partial charge in [-0.3, -0.25) is 24.2 Å². The topological polar surface area (TPSA) is 57.7 Å². The molecule has 3 heterocycles. The number of halogens is 4. The first kappa shape index (κ1) is 21.7. The normalized spacial score (nSPS) is 20.1. The summed E-state index contributed by atoms with van der Waals surface area (Å²) in [6, 6.07) is 9.59. The maximum absolute atomic E-state index is 13.4. The van der Waals surface area contributed by atoms with E-state index in [1.807, 2.05) is 48.7 Å². The maximum Gasteiger partial charge on any atom is 0.264 e. The van der Waals surface area contributed by atoms with Gasteiger partial charge in [-0.25, -0.2) is 0 Å². The lowest BCUT2D eigenvalue weighted by Gasteiger charge is -2.49. The first-order valence-corrected chi connectivity index (χ1v) is 11.8. The molecule has 10 heteroatoms. The summed E-state index contributed by atoms with van der Waals surface area (Å²) in [6.45, 7) is 1.92. The largest absolute Gasteiger partial charge is 0.300 e. The van der Waals surface area contributed by atoms with Crippen LogP contribution in [0.2, 0.25) is 20.1 Å². The molecule has 0 N–H and O–H groups in total. The molecule has 2 aliphatic heterocycles. The Balaban J connectivity index is 1.62. The molecule has 1 aromatic heterocycles. The summed E-state index contributed by atoms with van der Waals surface area (Å²) in [4.78, 5) is 43.4. The highest BCUT2D eigenvalue weighted by atomic mass is 35.5. The van der Waals surface area contributed by atoms with Crippen molar-refractivity contribution in [3.8, 4) is 0 Å². The molecule has 0 unspecified atom stereocenters. The Morgan fingerprint density at radius 3 is 1.94 bits per heavy atom. The van der Waals surface area contributed by atoms with Crippen molar-refractivity contribution in [2.24, 2.45) is 0 Å². The molecule has 2 aromatic carbocycles. The first-order valence-electron chi connectivity index (χ1n) is 9.41. The summed E-state index contributed by atoms with van der Waals surface area (Å²) in [5.74, 6) is -1.83. The van der Waals surface area contributed by atoms with Crippen LogP contribution < -0.4 is 4.90 Å². The molecule has 2 atom stereocenters. The van der Waals surface area contributed by atoms with Crippen molar-refractivity contribution in [1.82, 2.24) is 4.90 Å². The highest BCUT2D eigenvalue weighted by Gasteiger charge is 2.58. The highest BCUT2D eigenvalue weighted by Crippen LogP contribution is 2.49. The van der Waals surface area contributed by atoms with E-state index in [1.54, 1.807) is 4.90 Å². The lowest BCUT2D eigenvalue weighted by molar-refractivity contribution is -0.130. The molecule has 5 rings (SSSR count). The van der Waals surface area contributed by atoms with Gasteiger partial charge in [0.05, 0.1) is 31.2 Å². The van der Waals surface area contributed by atoms with Gasteiger partial charge >= 0.3 is 0 Å². The summed E-state index contributed by atoms with van der Waals surface area (Å²) >= 11 is 26.2. The molecule has 32 heavy (non-hydrogen) atoms. The van der Waals surface area contributed by atoms with Gasteiger partial charge in [0.2, 0.25) is 0 Å². The molecule has 0 bridgehead atoms. The highest BCUT2D eigenvalue weighted by molar-refractivity contribution is 7.10. The van der Waals surface area contributed by atoms with Gasteiger partial charge in [-0.15, -0.1) is 11.3 Å². The number of rotatable bonds is 3. The Bertz CT molecular complexity index is 1280. The second-order valence-electron chi connectivity index (χ2n) is 7.44. The van der Waals surface area contributed by atoms with Crippen LogP contribution in [0.1, 0.15) is 37.2 Å². The third-order valence-electron chi connectivity index (χ3n) is 5.59. The van der Waals surface area contributed by atoms with Gasteiger partial charge in [-0.1, -0.05) is 64.6 Å². The minimum atomic E-state index is -1.05. The number of imide groups is 1. The fourth-order valence-corrected chi connectivity index (χ4v) is 6.01. The molecule has 162 valence electrons.